The van der Waals surface area contributed by atoms with Gasteiger partial charge in [-0.25, -0.2) is 4.79 Å². The minimum Gasteiger partial charge on any atom is -0.478 e. The van der Waals surface area contributed by atoms with Crippen LogP contribution in [0, 0.1) is 0 Å². The maximum atomic E-state index is 11.0. The number of hydrogen-bond acceptors (Lipinski definition) is 7. The van der Waals surface area contributed by atoms with Gasteiger partial charge in [-0.15, -0.1) is 0 Å². The van der Waals surface area contributed by atoms with Crippen LogP contribution in [-0.2, 0) is 16.1 Å². The number of ether oxygens (including phenoxy) is 2. The van der Waals surface area contributed by atoms with Crippen molar-refractivity contribution in [2.45, 2.75) is 37.3 Å². The molecule has 8 heteroatoms. The second-order valence-electron chi connectivity index (χ2n) is 6.55. The molecule has 0 radical (unpaired) electrons. The Bertz CT molecular complexity index is 804. The number of aromatic carboxylic acids is 1. The predicted molar refractivity (Wildman–Crippen MR) is 97.4 cm³/mol. The lowest BCUT2D eigenvalue weighted by atomic mass is 9.98. The highest BCUT2D eigenvalue weighted by Crippen LogP contribution is 2.27. The summed E-state index contributed by atoms with van der Waals surface area (Å²) in [5.41, 5.74) is 2.53. The average Bonchev–Trinajstić information content (AvgIpc) is 2.72. The van der Waals surface area contributed by atoms with Crippen LogP contribution >= 0.6 is 0 Å². The molecule has 5 atom stereocenters. The third-order valence-corrected chi connectivity index (χ3v) is 4.71. The summed E-state index contributed by atoms with van der Waals surface area (Å²) < 4.78 is 11.0. The Labute approximate surface area is 161 Å². The molecule has 1 saturated heterocycles. The average molecular weight is 390 g/mol. The molecule has 1 aliphatic rings. The lowest BCUT2D eigenvalue weighted by molar-refractivity contribution is -0.304. The first-order valence-electron chi connectivity index (χ1n) is 8.76. The molecule has 150 valence electrons. The molecule has 0 bridgehead atoms. The van der Waals surface area contributed by atoms with Crippen molar-refractivity contribution in [2.75, 3.05) is 6.61 Å². The summed E-state index contributed by atoms with van der Waals surface area (Å²) in [5, 5.41) is 48.0. The first-order valence-corrected chi connectivity index (χ1v) is 8.76. The Hall–Kier alpha value is -2.33. The van der Waals surface area contributed by atoms with Gasteiger partial charge in [0, 0.05) is 0 Å². The van der Waals surface area contributed by atoms with Gasteiger partial charge in [-0.1, -0.05) is 36.4 Å². The number of carboxylic acids is 1. The van der Waals surface area contributed by atoms with E-state index >= 15 is 0 Å². The van der Waals surface area contributed by atoms with E-state index in [0.717, 1.165) is 16.7 Å². The fourth-order valence-electron chi connectivity index (χ4n) is 3.10. The van der Waals surface area contributed by atoms with Crippen molar-refractivity contribution in [3.05, 3.63) is 59.7 Å². The number of carbonyl (C=O) groups is 1. The van der Waals surface area contributed by atoms with Crippen LogP contribution in [0.1, 0.15) is 15.9 Å². The zero-order valence-electron chi connectivity index (χ0n) is 14.9. The smallest absolute Gasteiger partial charge is 0.335 e. The Kier molecular flexibility index (Phi) is 6.40. The Morgan fingerprint density at radius 1 is 0.964 bits per heavy atom. The van der Waals surface area contributed by atoms with Crippen LogP contribution in [0.25, 0.3) is 11.1 Å². The van der Waals surface area contributed by atoms with Crippen molar-refractivity contribution in [1.29, 1.82) is 0 Å². The number of hydrogen-bond donors (Lipinski definition) is 5. The van der Waals surface area contributed by atoms with Crippen LogP contribution in [0.2, 0.25) is 0 Å². The van der Waals surface area contributed by atoms with E-state index in [2.05, 4.69) is 0 Å². The molecule has 0 aromatic heterocycles. The van der Waals surface area contributed by atoms with E-state index < -0.39 is 43.3 Å². The highest BCUT2D eigenvalue weighted by molar-refractivity contribution is 5.88. The number of rotatable bonds is 6. The fraction of sp³-hybridized carbons (Fsp3) is 0.350. The van der Waals surface area contributed by atoms with E-state index in [-0.39, 0.29) is 12.2 Å². The number of benzene rings is 2. The van der Waals surface area contributed by atoms with Gasteiger partial charge < -0.3 is 35.0 Å². The van der Waals surface area contributed by atoms with Crippen molar-refractivity contribution in [2.24, 2.45) is 0 Å². The molecule has 2 aromatic rings. The zero-order valence-corrected chi connectivity index (χ0v) is 14.9. The van der Waals surface area contributed by atoms with E-state index in [1.165, 1.54) is 12.1 Å². The number of aliphatic hydroxyl groups excluding tert-OH is 4. The highest BCUT2D eigenvalue weighted by Gasteiger charge is 2.44. The van der Waals surface area contributed by atoms with Crippen molar-refractivity contribution in [3.63, 3.8) is 0 Å². The largest absolute Gasteiger partial charge is 0.478 e. The van der Waals surface area contributed by atoms with Gasteiger partial charge in [0.1, 0.15) is 24.4 Å². The Balaban J connectivity index is 1.76. The molecule has 5 N–H and O–H groups in total. The summed E-state index contributed by atoms with van der Waals surface area (Å²) in [4.78, 5) is 11.0. The monoisotopic (exact) mass is 390 g/mol. The second kappa shape index (κ2) is 8.78. The number of aliphatic hydroxyl groups is 4. The van der Waals surface area contributed by atoms with Gasteiger partial charge in [-0.05, 0) is 28.8 Å². The molecule has 0 spiro atoms. The molecule has 3 rings (SSSR count). The molecular weight excluding hydrogens is 368 g/mol. The molecule has 2 aromatic carbocycles. The van der Waals surface area contributed by atoms with Gasteiger partial charge in [0.25, 0.3) is 0 Å². The summed E-state index contributed by atoms with van der Waals surface area (Å²) in [6, 6.07) is 13.7. The minimum atomic E-state index is -1.50. The summed E-state index contributed by atoms with van der Waals surface area (Å²) in [7, 11) is 0. The van der Waals surface area contributed by atoms with Crippen LogP contribution in [0.4, 0.5) is 0 Å². The molecule has 0 amide bonds. The van der Waals surface area contributed by atoms with Crippen molar-refractivity contribution in [3.8, 4) is 11.1 Å². The van der Waals surface area contributed by atoms with Gasteiger partial charge in [0.2, 0.25) is 0 Å². The van der Waals surface area contributed by atoms with Gasteiger partial charge in [0.15, 0.2) is 6.29 Å². The van der Waals surface area contributed by atoms with Crippen molar-refractivity contribution in [1.82, 2.24) is 0 Å². The van der Waals surface area contributed by atoms with Gasteiger partial charge in [-0.2, -0.15) is 0 Å². The molecule has 0 saturated carbocycles. The van der Waals surface area contributed by atoms with E-state index in [1.54, 1.807) is 18.2 Å². The lowest BCUT2D eigenvalue weighted by Gasteiger charge is -2.39. The molecule has 8 nitrogen and oxygen atoms in total. The van der Waals surface area contributed by atoms with Crippen LogP contribution in [-0.4, -0.2) is 68.8 Å². The van der Waals surface area contributed by atoms with E-state index in [4.69, 9.17) is 14.6 Å². The second-order valence-corrected chi connectivity index (χ2v) is 6.55. The molecule has 1 aliphatic heterocycles. The summed E-state index contributed by atoms with van der Waals surface area (Å²) in [5.74, 6) is -1.01. The SMILES string of the molecule is O=C(O)c1ccc(-c2ccccc2CO[C@H]2O[C@H](CO)[C@@H](O)[C@H](O)[C@@H]2O)cc1. The molecule has 28 heavy (non-hydrogen) atoms. The number of carboxylic acid groups (broad SMARTS) is 1. The first kappa shape index (κ1) is 20.4. The summed E-state index contributed by atoms with van der Waals surface area (Å²) >= 11 is 0. The lowest BCUT2D eigenvalue weighted by Crippen LogP contribution is -2.59. The van der Waals surface area contributed by atoms with Gasteiger partial charge in [-0.3, -0.25) is 0 Å². The Morgan fingerprint density at radius 3 is 2.29 bits per heavy atom. The first-order chi connectivity index (χ1) is 13.4. The Morgan fingerprint density at radius 2 is 1.64 bits per heavy atom. The molecule has 0 aliphatic carbocycles. The summed E-state index contributed by atoms with van der Waals surface area (Å²) in [6.45, 7) is -0.503. The quantitative estimate of drug-likeness (QED) is 0.477. The van der Waals surface area contributed by atoms with Crippen LogP contribution < -0.4 is 0 Å². The minimum absolute atomic E-state index is 0.0273. The highest BCUT2D eigenvalue weighted by atomic mass is 16.7. The van der Waals surface area contributed by atoms with E-state index in [1.807, 2.05) is 18.2 Å². The van der Waals surface area contributed by atoms with E-state index in [0.29, 0.717) is 0 Å². The maximum Gasteiger partial charge on any atom is 0.335 e. The predicted octanol–water partition coefficient (Wildman–Crippen LogP) is 0.368. The van der Waals surface area contributed by atoms with E-state index in [9.17, 15) is 25.2 Å². The zero-order chi connectivity index (χ0) is 20.3. The molecule has 1 fully saturated rings. The topological polar surface area (TPSA) is 137 Å². The van der Waals surface area contributed by atoms with Gasteiger partial charge >= 0.3 is 5.97 Å². The van der Waals surface area contributed by atoms with Crippen LogP contribution in [0.5, 0.6) is 0 Å². The maximum absolute atomic E-state index is 11.0. The van der Waals surface area contributed by atoms with Crippen molar-refractivity contribution < 1.29 is 39.8 Å². The fourth-order valence-corrected chi connectivity index (χ4v) is 3.10. The molecule has 0 unspecified atom stereocenters. The molecule has 1 heterocycles. The molecular formula is C20H22O8. The normalized spacial score (nSPS) is 27.5. The summed E-state index contributed by atoms with van der Waals surface area (Å²) in [6.07, 6.45) is -6.69. The van der Waals surface area contributed by atoms with Crippen LogP contribution in [0.15, 0.2) is 48.5 Å². The third kappa shape index (κ3) is 4.22. The van der Waals surface area contributed by atoms with Crippen molar-refractivity contribution >= 4 is 5.97 Å². The standard InChI is InChI=1S/C20H22O8/c21-9-15-16(22)17(23)18(24)20(28-15)27-10-13-3-1-2-4-14(13)11-5-7-12(8-6-11)19(25)26/h1-8,15-18,20-24H,9-10H2,(H,25,26)/t15-,16-,17+,18+,20+/m1/s1. The van der Waals surface area contributed by atoms with Crippen LogP contribution in [0.3, 0.4) is 0 Å². The van der Waals surface area contributed by atoms with Gasteiger partial charge in [0.05, 0.1) is 18.8 Å². The third-order valence-electron chi connectivity index (χ3n) is 4.71.